The Kier molecular flexibility index (Phi) is 6.54. The first-order valence-corrected chi connectivity index (χ1v) is 8.96. The molecule has 2 atom stereocenters. The van der Waals surface area contributed by atoms with Gasteiger partial charge in [0.2, 0.25) is 0 Å². The van der Waals surface area contributed by atoms with E-state index in [4.69, 9.17) is 9.47 Å². The first-order valence-electron chi connectivity index (χ1n) is 8.96. The van der Waals surface area contributed by atoms with Gasteiger partial charge in [0, 0.05) is 26.2 Å². The molecule has 2 unspecified atom stereocenters. The van der Waals surface area contributed by atoms with Crippen molar-refractivity contribution in [1.29, 1.82) is 0 Å². The highest BCUT2D eigenvalue weighted by Crippen LogP contribution is 2.20. The molecule has 134 valence electrons. The summed E-state index contributed by atoms with van der Waals surface area (Å²) >= 11 is 0. The number of β-amino-alcohol motifs (C(OH)–C–C–N with tert-alkyl or cyclic N) is 1. The van der Waals surface area contributed by atoms with Crippen LogP contribution in [0.15, 0.2) is 18.3 Å². The summed E-state index contributed by atoms with van der Waals surface area (Å²) in [5.74, 6) is -0.383. The van der Waals surface area contributed by atoms with Crippen molar-refractivity contribution in [2.24, 2.45) is 0 Å². The van der Waals surface area contributed by atoms with Gasteiger partial charge < -0.3 is 19.5 Å². The van der Waals surface area contributed by atoms with Crippen LogP contribution in [0.2, 0.25) is 0 Å². The average molecular weight is 338 g/mol. The van der Waals surface area contributed by atoms with Crippen molar-refractivity contribution < 1.29 is 19.0 Å². The summed E-state index contributed by atoms with van der Waals surface area (Å²) in [4.78, 5) is 6.16. The fourth-order valence-corrected chi connectivity index (χ4v) is 3.36. The van der Waals surface area contributed by atoms with E-state index in [2.05, 4.69) is 9.88 Å². The smallest absolute Gasteiger partial charge is 0.141 e. The molecule has 1 aromatic heterocycles. The van der Waals surface area contributed by atoms with Gasteiger partial charge in [-0.1, -0.05) is 0 Å². The van der Waals surface area contributed by atoms with E-state index in [-0.39, 0.29) is 18.0 Å². The number of likely N-dealkylation sites (tertiary alicyclic amines) is 1. The second kappa shape index (κ2) is 8.85. The third-order valence-electron chi connectivity index (χ3n) is 4.85. The van der Waals surface area contributed by atoms with Gasteiger partial charge in [-0.15, -0.1) is 0 Å². The van der Waals surface area contributed by atoms with Crippen molar-refractivity contribution in [1.82, 2.24) is 9.88 Å². The van der Waals surface area contributed by atoms with Gasteiger partial charge >= 0.3 is 0 Å². The highest BCUT2D eigenvalue weighted by molar-refractivity contribution is 5.08. The predicted molar refractivity (Wildman–Crippen MR) is 88.2 cm³/mol. The lowest BCUT2D eigenvalue weighted by molar-refractivity contribution is -0.0765. The molecule has 0 saturated carbocycles. The molecule has 2 saturated heterocycles. The Bertz CT molecular complexity index is 486. The first-order chi connectivity index (χ1) is 11.7. The van der Waals surface area contributed by atoms with Gasteiger partial charge in [-0.05, 0) is 44.2 Å². The van der Waals surface area contributed by atoms with Crippen LogP contribution in [0, 0.1) is 5.82 Å². The molecule has 0 amide bonds. The van der Waals surface area contributed by atoms with Gasteiger partial charge in [0.05, 0.1) is 30.7 Å². The molecular formula is C18H27FN2O3. The molecule has 3 heterocycles. The topological polar surface area (TPSA) is 54.8 Å². The quantitative estimate of drug-likeness (QED) is 0.863. The summed E-state index contributed by atoms with van der Waals surface area (Å²) in [6, 6.07) is 2.87. The van der Waals surface area contributed by atoms with Crippen LogP contribution >= 0.6 is 0 Å². The maximum Gasteiger partial charge on any atom is 0.141 e. The molecular weight excluding hydrogens is 311 g/mol. The lowest BCUT2D eigenvalue weighted by Gasteiger charge is -2.34. The molecule has 24 heavy (non-hydrogen) atoms. The van der Waals surface area contributed by atoms with E-state index in [0.29, 0.717) is 18.8 Å². The zero-order valence-electron chi connectivity index (χ0n) is 14.1. The Morgan fingerprint density at radius 2 is 2.12 bits per heavy atom. The maximum atomic E-state index is 12.9. The Morgan fingerprint density at radius 3 is 2.79 bits per heavy atom. The number of aliphatic hydroxyl groups excluding tert-OH is 1. The molecule has 1 N–H and O–H groups in total. The number of halogens is 1. The Balaban J connectivity index is 1.36. The molecule has 3 rings (SSSR count). The maximum absolute atomic E-state index is 12.9. The number of rotatable bonds is 6. The van der Waals surface area contributed by atoms with Crippen molar-refractivity contribution in [3.05, 3.63) is 29.8 Å². The summed E-state index contributed by atoms with van der Waals surface area (Å²) in [5, 5.41) is 10.2. The molecule has 2 aliphatic heterocycles. The van der Waals surface area contributed by atoms with E-state index >= 15 is 0 Å². The van der Waals surface area contributed by atoms with Crippen LogP contribution in [0.5, 0.6) is 0 Å². The van der Waals surface area contributed by atoms with Crippen LogP contribution < -0.4 is 0 Å². The number of hydrogen-bond donors (Lipinski definition) is 1. The molecule has 0 radical (unpaired) electrons. The molecule has 5 nitrogen and oxygen atoms in total. The average Bonchev–Trinajstić information content (AvgIpc) is 2.62. The number of aromatic nitrogens is 1. The number of piperidine rings is 1. The molecule has 1 aromatic rings. The van der Waals surface area contributed by atoms with Gasteiger partial charge in [-0.3, -0.25) is 4.98 Å². The van der Waals surface area contributed by atoms with Crippen LogP contribution in [0.3, 0.4) is 0 Å². The third kappa shape index (κ3) is 5.21. The van der Waals surface area contributed by atoms with E-state index in [0.717, 1.165) is 45.2 Å². The molecule has 0 aromatic carbocycles. The standard InChI is InChI=1S/C18H27FN2O3/c19-14-4-5-17(20-11-14)18(22)12-21-8-6-15(7-9-21)24-13-16-3-1-2-10-23-16/h4-5,11,15-16,18,22H,1-3,6-10,12-13H2. The fraction of sp³-hybridized carbons (Fsp3) is 0.722. The summed E-state index contributed by atoms with van der Waals surface area (Å²) in [6.45, 7) is 3.88. The number of pyridine rings is 1. The SMILES string of the molecule is OC(CN1CCC(OCC2CCCCO2)CC1)c1ccc(F)cn1. The van der Waals surface area contributed by atoms with Gasteiger partial charge in [0.25, 0.3) is 0 Å². The Morgan fingerprint density at radius 1 is 1.29 bits per heavy atom. The van der Waals surface area contributed by atoms with Crippen molar-refractivity contribution in [3.8, 4) is 0 Å². The van der Waals surface area contributed by atoms with Gasteiger partial charge in [-0.2, -0.15) is 0 Å². The summed E-state index contributed by atoms with van der Waals surface area (Å²) in [7, 11) is 0. The molecule has 2 fully saturated rings. The fourth-order valence-electron chi connectivity index (χ4n) is 3.36. The van der Waals surface area contributed by atoms with Gasteiger partial charge in [0.1, 0.15) is 11.9 Å². The molecule has 0 aliphatic carbocycles. The van der Waals surface area contributed by atoms with Crippen LogP contribution in [-0.2, 0) is 9.47 Å². The van der Waals surface area contributed by atoms with E-state index in [1.54, 1.807) is 6.07 Å². The zero-order chi connectivity index (χ0) is 16.8. The first kappa shape index (κ1) is 17.7. The van der Waals surface area contributed by atoms with Crippen molar-refractivity contribution in [2.45, 2.75) is 50.4 Å². The van der Waals surface area contributed by atoms with E-state index < -0.39 is 6.10 Å². The number of nitrogens with zero attached hydrogens (tertiary/aromatic N) is 2. The normalized spacial score (nSPS) is 24.8. The van der Waals surface area contributed by atoms with Crippen LogP contribution in [0.25, 0.3) is 0 Å². The highest BCUT2D eigenvalue weighted by atomic mass is 19.1. The van der Waals surface area contributed by atoms with Crippen LogP contribution in [0.1, 0.15) is 43.9 Å². The monoisotopic (exact) mass is 338 g/mol. The summed E-state index contributed by atoms with van der Waals surface area (Å²) in [5.41, 5.74) is 0.518. The molecule has 0 bridgehead atoms. The second-order valence-electron chi connectivity index (χ2n) is 6.74. The third-order valence-corrected chi connectivity index (χ3v) is 4.85. The van der Waals surface area contributed by atoms with Crippen molar-refractivity contribution in [2.75, 3.05) is 32.8 Å². The van der Waals surface area contributed by atoms with Crippen molar-refractivity contribution in [3.63, 3.8) is 0 Å². The zero-order valence-corrected chi connectivity index (χ0v) is 14.1. The highest BCUT2D eigenvalue weighted by Gasteiger charge is 2.24. The van der Waals surface area contributed by atoms with E-state index in [1.165, 1.54) is 18.9 Å². The van der Waals surface area contributed by atoms with Gasteiger partial charge in [0.15, 0.2) is 0 Å². The van der Waals surface area contributed by atoms with Crippen LogP contribution in [-0.4, -0.2) is 60.0 Å². The molecule has 2 aliphatic rings. The largest absolute Gasteiger partial charge is 0.385 e. The minimum atomic E-state index is -0.682. The Hall–Kier alpha value is -1.08. The minimum Gasteiger partial charge on any atom is -0.385 e. The lowest BCUT2D eigenvalue weighted by atomic mass is 10.1. The molecule has 6 heteroatoms. The lowest BCUT2D eigenvalue weighted by Crippen LogP contribution is -2.40. The summed E-state index contributed by atoms with van der Waals surface area (Å²) in [6.07, 6.45) is 6.46. The number of aliphatic hydroxyl groups is 1. The van der Waals surface area contributed by atoms with E-state index in [1.807, 2.05) is 0 Å². The molecule has 0 spiro atoms. The number of ether oxygens (including phenoxy) is 2. The predicted octanol–water partition coefficient (Wildman–Crippen LogP) is 2.30. The summed E-state index contributed by atoms with van der Waals surface area (Å²) < 4.78 is 24.6. The minimum absolute atomic E-state index is 0.267. The number of hydrogen-bond acceptors (Lipinski definition) is 5. The second-order valence-corrected chi connectivity index (χ2v) is 6.74. The van der Waals surface area contributed by atoms with E-state index in [9.17, 15) is 9.50 Å². The van der Waals surface area contributed by atoms with Crippen molar-refractivity contribution >= 4 is 0 Å². The van der Waals surface area contributed by atoms with Crippen LogP contribution in [0.4, 0.5) is 4.39 Å². The van der Waals surface area contributed by atoms with Gasteiger partial charge in [-0.25, -0.2) is 4.39 Å². The Labute approximate surface area is 142 Å².